The Morgan fingerprint density at radius 1 is 1.29 bits per heavy atom. The van der Waals surface area contributed by atoms with Crippen molar-refractivity contribution in [3.8, 4) is 17.2 Å². The van der Waals surface area contributed by atoms with Crippen LogP contribution in [0.1, 0.15) is 18.1 Å². The van der Waals surface area contributed by atoms with E-state index in [1.54, 1.807) is 13.4 Å². The third kappa shape index (κ3) is 3.00. The van der Waals surface area contributed by atoms with E-state index in [0.29, 0.717) is 24.4 Å². The van der Waals surface area contributed by atoms with Gasteiger partial charge in [-0.3, -0.25) is 0 Å². The number of fused-ring (bicyclic) bond motifs is 1. The van der Waals surface area contributed by atoms with E-state index in [1.807, 2.05) is 28.9 Å². The molecular formula is C16H18N6O2. The summed E-state index contributed by atoms with van der Waals surface area (Å²) in [6, 6.07) is 7.87. The first kappa shape index (κ1) is 14.8. The second-order valence-corrected chi connectivity index (χ2v) is 5.70. The Hall–Kier alpha value is -2.74. The van der Waals surface area contributed by atoms with Crippen molar-refractivity contribution in [2.24, 2.45) is 0 Å². The van der Waals surface area contributed by atoms with Crippen LogP contribution in [0, 0.1) is 0 Å². The number of hydrogen-bond acceptors (Lipinski definition) is 7. The fourth-order valence-corrected chi connectivity index (χ4v) is 2.81. The normalized spacial score (nSPS) is 16.8. The number of ether oxygens (including phenoxy) is 1. The number of nitrogens with one attached hydrogen (secondary N) is 1. The predicted molar refractivity (Wildman–Crippen MR) is 85.3 cm³/mol. The van der Waals surface area contributed by atoms with Crippen molar-refractivity contribution >= 4 is 0 Å². The number of nitrogens with zero attached hydrogens (tertiary/aromatic N) is 5. The maximum Gasteiger partial charge on any atom is 0.247 e. The van der Waals surface area contributed by atoms with Gasteiger partial charge in [-0.1, -0.05) is 0 Å². The Kier molecular flexibility index (Phi) is 3.96. The first-order valence-corrected chi connectivity index (χ1v) is 7.88. The van der Waals surface area contributed by atoms with Crippen LogP contribution >= 0.6 is 0 Å². The van der Waals surface area contributed by atoms with E-state index in [9.17, 15) is 0 Å². The molecule has 0 unspecified atom stereocenters. The van der Waals surface area contributed by atoms with E-state index in [2.05, 4.69) is 25.6 Å². The standard InChI is InChI=1S/C16H18N6O2/c1-23-13-5-2-11(3-6-13)16-21-20-15(24-16)8-17-12-4-7-14-18-10-19-22(14)9-12/h2-3,5-6,10,12,17H,4,7-9H2,1H3/t12-/m1/s1. The minimum absolute atomic E-state index is 0.329. The molecule has 8 nitrogen and oxygen atoms in total. The van der Waals surface area contributed by atoms with Crippen LogP contribution in [0.4, 0.5) is 0 Å². The van der Waals surface area contributed by atoms with E-state index in [4.69, 9.17) is 9.15 Å². The second-order valence-electron chi connectivity index (χ2n) is 5.70. The Bertz CT molecular complexity index is 810. The predicted octanol–water partition coefficient (Wildman–Crippen LogP) is 1.44. The molecule has 0 bridgehead atoms. The molecule has 1 N–H and O–H groups in total. The highest BCUT2D eigenvalue weighted by Crippen LogP contribution is 2.21. The lowest BCUT2D eigenvalue weighted by Crippen LogP contribution is -2.37. The maximum atomic E-state index is 5.73. The van der Waals surface area contributed by atoms with Crippen LogP contribution in [-0.4, -0.2) is 38.1 Å². The molecule has 0 radical (unpaired) electrons. The molecule has 0 aliphatic carbocycles. The summed E-state index contributed by atoms with van der Waals surface area (Å²) in [7, 11) is 1.64. The molecule has 0 saturated heterocycles. The summed E-state index contributed by atoms with van der Waals surface area (Å²) in [5.41, 5.74) is 0.875. The topological polar surface area (TPSA) is 90.9 Å². The van der Waals surface area contributed by atoms with Crippen LogP contribution in [0.15, 0.2) is 35.0 Å². The Morgan fingerprint density at radius 2 is 2.17 bits per heavy atom. The van der Waals surface area contributed by atoms with Crippen LogP contribution in [-0.2, 0) is 19.5 Å². The third-order valence-corrected chi connectivity index (χ3v) is 4.15. The zero-order chi connectivity index (χ0) is 16.4. The van der Waals surface area contributed by atoms with Crippen molar-refractivity contribution < 1.29 is 9.15 Å². The molecule has 1 atom stereocenters. The number of methoxy groups -OCH3 is 1. The van der Waals surface area contributed by atoms with Crippen molar-refractivity contribution in [1.29, 1.82) is 0 Å². The van der Waals surface area contributed by atoms with Gasteiger partial charge >= 0.3 is 0 Å². The lowest BCUT2D eigenvalue weighted by molar-refractivity contribution is 0.342. The zero-order valence-electron chi connectivity index (χ0n) is 13.3. The van der Waals surface area contributed by atoms with Gasteiger partial charge in [0.25, 0.3) is 0 Å². The molecule has 0 saturated carbocycles. The monoisotopic (exact) mass is 326 g/mol. The number of hydrogen-bond donors (Lipinski definition) is 1. The summed E-state index contributed by atoms with van der Waals surface area (Å²) in [4.78, 5) is 4.23. The molecule has 3 aromatic rings. The summed E-state index contributed by atoms with van der Waals surface area (Å²) in [5, 5.41) is 15.9. The fraction of sp³-hybridized carbons (Fsp3) is 0.375. The molecule has 124 valence electrons. The Morgan fingerprint density at radius 3 is 3.00 bits per heavy atom. The number of rotatable bonds is 5. The van der Waals surface area contributed by atoms with Gasteiger partial charge in [-0.05, 0) is 30.7 Å². The van der Waals surface area contributed by atoms with E-state index >= 15 is 0 Å². The third-order valence-electron chi connectivity index (χ3n) is 4.15. The Balaban J connectivity index is 1.37. The zero-order valence-corrected chi connectivity index (χ0v) is 13.3. The molecule has 1 aliphatic rings. The van der Waals surface area contributed by atoms with E-state index in [0.717, 1.165) is 36.5 Å². The lowest BCUT2D eigenvalue weighted by Gasteiger charge is -2.22. The molecule has 3 heterocycles. The Labute approximate surface area is 138 Å². The molecule has 1 aliphatic heterocycles. The smallest absolute Gasteiger partial charge is 0.247 e. The summed E-state index contributed by atoms with van der Waals surface area (Å²) in [5.74, 6) is 2.93. The van der Waals surface area contributed by atoms with Crippen molar-refractivity contribution in [2.75, 3.05) is 7.11 Å². The highest BCUT2D eigenvalue weighted by atomic mass is 16.5. The minimum atomic E-state index is 0.329. The van der Waals surface area contributed by atoms with Crippen LogP contribution in [0.2, 0.25) is 0 Å². The average molecular weight is 326 g/mol. The second kappa shape index (κ2) is 6.40. The highest BCUT2D eigenvalue weighted by Gasteiger charge is 2.20. The van der Waals surface area contributed by atoms with Crippen LogP contribution in [0.25, 0.3) is 11.5 Å². The minimum Gasteiger partial charge on any atom is -0.497 e. The van der Waals surface area contributed by atoms with Gasteiger partial charge in [-0.2, -0.15) is 5.10 Å². The summed E-state index contributed by atoms with van der Waals surface area (Å²) >= 11 is 0. The van der Waals surface area contributed by atoms with Gasteiger partial charge in [0.15, 0.2) is 0 Å². The molecule has 0 spiro atoms. The number of aryl methyl sites for hydroxylation is 1. The van der Waals surface area contributed by atoms with E-state index in [-0.39, 0.29) is 0 Å². The van der Waals surface area contributed by atoms with Gasteiger partial charge in [0, 0.05) is 18.0 Å². The van der Waals surface area contributed by atoms with E-state index in [1.165, 1.54) is 0 Å². The van der Waals surface area contributed by atoms with Crippen molar-refractivity contribution in [1.82, 2.24) is 30.3 Å². The van der Waals surface area contributed by atoms with Crippen LogP contribution in [0.3, 0.4) is 0 Å². The van der Waals surface area contributed by atoms with Crippen LogP contribution < -0.4 is 10.1 Å². The quantitative estimate of drug-likeness (QED) is 0.758. The molecule has 0 fully saturated rings. The maximum absolute atomic E-state index is 5.73. The molecular weight excluding hydrogens is 308 g/mol. The van der Waals surface area contributed by atoms with Crippen molar-refractivity contribution in [2.45, 2.75) is 32.0 Å². The SMILES string of the molecule is COc1ccc(-c2nnc(CN[C@@H]3CCc4ncnn4C3)o2)cc1. The van der Waals surface area contributed by atoms with Gasteiger partial charge < -0.3 is 14.5 Å². The average Bonchev–Trinajstić information content (AvgIpc) is 3.29. The largest absolute Gasteiger partial charge is 0.497 e. The molecule has 0 amide bonds. The lowest BCUT2D eigenvalue weighted by atomic mass is 10.1. The number of benzene rings is 1. The molecule has 1 aromatic carbocycles. The number of aromatic nitrogens is 5. The molecule has 4 rings (SSSR count). The summed E-state index contributed by atoms with van der Waals surface area (Å²) in [6.45, 7) is 1.35. The van der Waals surface area contributed by atoms with Gasteiger partial charge in [-0.15, -0.1) is 10.2 Å². The van der Waals surface area contributed by atoms with Gasteiger partial charge in [-0.25, -0.2) is 9.67 Å². The molecule has 8 heteroatoms. The van der Waals surface area contributed by atoms with Crippen molar-refractivity contribution in [3.63, 3.8) is 0 Å². The van der Waals surface area contributed by atoms with Gasteiger partial charge in [0.1, 0.15) is 17.9 Å². The first-order chi connectivity index (χ1) is 11.8. The van der Waals surface area contributed by atoms with Gasteiger partial charge in [0.05, 0.1) is 20.2 Å². The highest BCUT2D eigenvalue weighted by molar-refractivity contribution is 5.53. The molecule has 24 heavy (non-hydrogen) atoms. The van der Waals surface area contributed by atoms with Gasteiger partial charge in [0.2, 0.25) is 11.8 Å². The fourth-order valence-electron chi connectivity index (χ4n) is 2.81. The van der Waals surface area contributed by atoms with Crippen LogP contribution in [0.5, 0.6) is 5.75 Å². The molecule has 2 aromatic heterocycles. The summed E-state index contributed by atoms with van der Waals surface area (Å²) < 4.78 is 12.8. The van der Waals surface area contributed by atoms with Crippen molar-refractivity contribution in [3.05, 3.63) is 42.3 Å². The van der Waals surface area contributed by atoms with E-state index < -0.39 is 0 Å². The first-order valence-electron chi connectivity index (χ1n) is 7.88. The summed E-state index contributed by atoms with van der Waals surface area (Å²) in [6.07, 6.45) is 3.56.